The van der Waals surface area contributed by atoms with E-state index >= 15 is 0 Å². The van der Waals surface area contributed by atoms with Crippen LogP contribution in [0, 0.1) is 0 Å². The minimum absolute atomic E-state index is 0. The van der Waals surface area contributed by atoms with Gasteiger partial charge in [0.2, 0.25) is 0 Å². The topological polar surface area (TPSA) is 51.2 Å². The Morgan fingerprint density at radius 2 is 1.00 bits per heavy atom. The maximum atomic E-state index is 8.54. The van der Waals surface area contributed by atoms with Crippen molar-refractivity contribution in [3.8, 4) is 0 Å². The third kappa shape index (κ3) is 303. The quantitative estimate of drug-likeness (QED) is 0.444. The van der Waals surface area contributed by atoms with E-state index in [1.807, 2.05) is 0 Å². The Balaban J connectivity index is 0. The average molecular weight is 161 g/mol. The Bertz CT molecular complexity index is 76.3. The molecule has 0 amide bonds. The summed E-state index contributed by atoms with van der Waals surface area (Å²) in [4.78, 5) is 0. The van der Waals surface area contributed by atoms with E-state index in [1.165, 1.54) is 0 Å². The fraction of sp³-hybridized carbons (Fsp3) is 0. The second kappa shape index (κ2) is 4.27. The molecule has 0 fully saturated rings. The molecule has 3 nitrogen and oxygen atoms in total. The van der Waals surface area contributed by atoms with Crippen molar-refractivity contribution in [2.75, 3.05) is 0 Å². The van der Waals surface area contributed by atoms with Crippen molar-refractivity contribution in [2.45, 2.75) is 0 Å². The zero-order chi connectivity index (χ0) is 3.58. The molecule has 0 unspecified atom stereocenters. The standard InChI is InChI=1S/O3Se.H2S/c1-4(2)3;/h;1H2. The van der Waals surface area contributed by atoms with Gasteiger partial charge in [0.25, 0.3) is 0 Å². The fourth-order valence-electron chi connectivity index (χ4n) is 0. The van der Waals surface area contributed by atoms with Crippen molar-refractivity contribution < 1.29 is 11.5 Å². The Morgan fingerprint density at radius 3 is 1.00 bits per heavy atom. The third-order valence-electron chi connectivity index (χ3n) is 0. The minimum atomic E-state index is -3.79. The zero-order valence-electron chi connectivity index (χ0n) is 2.13. The van der Waals surface area contributed by atoms with E-state index in [9.17, 15) is 0 Å². The first-order valence-electron chi connectivity index (χ1n) is 0.500. The van der Waals surface area contributed by atoms with Gasteiger partial charge in [-0.2, -0.15) is 13.5 Å². The van der Waals surface area contributed by atoms with Gasteiger partial charge in [-0.3, -0.25) is 0 Å². The predicted molar refractivity (Wildman–Crippen MR) is 18.2 cm³/mol. The van der Waals surface area contributed by atoms with E-state index in [0.717, 1.165) is 0 Å². The Labute approximate surface area is 39.3 Å². The van der Waals surface area contributed by atoms with Gasteiger partial charge in [-0.25, -0.2) is 0 Å². The summed E-state index contributed by atoms with van der Waals surface area (Å²) in [6, 6.07) is 0. The summed E-state index contributed by atoms with van der Waals surface area (Å²) in [7, 11) is 0. The van der Waals surface area contributed by atoms with Crippen LogP contribution in [0.15, 0.2) is 0 Å². The molecular weight excluding hydrogens is 159 g/mol. The van der Waals surface area contributed by atoms with Gasteiger partial charge in [0.1, 0.15) is 0 Å². The largest absolute Gasteiger partial charge is 0.197 e. The molecule has 32 valence electrons. The molecule has 0 N–H and O–H groups in total. The van der Waals surface area contributed by atoms with E-state index in [-0.39, 0.29) is 13.5 Å². The Kier molecular flexibility index (Phi) is 7.67. The van der Waals surface area contributed by atoms with Gasteiger partial charge < -0.3 is 0 Å². The molecule has 0 atom stereocenters. The van der Waals surface area contributed by atoms with Gasteiger partial charge in [-0.15, -0.1) is 0 Å². The molecule has 0 spiro atoms. The van der Waals surface area contributed by atoms with Crippen LogP contribution in [-0.4, -0.2) is 13.7 Å². The van der Waals surface area contributed by atoms with Crippen molar-refractivity contribution in [1.82, 2.24) is 0 Å². The van der Waals surface area contributed by atoms with Crippen LogP contribution in [0.5, 0.6) is 0 Å². The normalized spacial score (nSPS) is 4.80. The van der Waals surface area contributed by atoms with E-state index in [4.69, 9.17) is 11.5 Å². The number of rotatable bonds is 0. The number of hydrogen-bond donors (Lipinski definition) is 0. The van der Waals surface area contributed by atoms with Crippen LogP contribution in [0.2, 0.25) is 0 Å². The monoisotopic (exact) mass is 162 g/mol. The van der Waals surface area contributed by atoms with Gasteiger partial charge in [0.05, 0.1) is 0 Å². The Hall–Kier alpha value is 0.269. The van der Waals surface area contributed by atoms with Crippen LogP contribution in [0.1, 0.15) is 0 Å². The van der Waals surface area contributed by atoms with Crippen molar-refractivity contribution >= 4 is 27.2 Å². The van der Waals surface area contributed by atoms with Gasteiger partial charge in [-0.05, 0) is 0 Å². The van der Waals surface area contributed by atoms with Crippen LogP contribution in [0.3, 0.4) is 0 Å². The van der Waals surface area contributed by atoms with E-state index in [0.29, 0.717) is 0 Å². The summed E-state index contributed by atoms with van der Waals surface area (Å²) in [6.45, 7) is 0. The molecule has 0 bridgehead atoms. The molecule has 0 aliphatic carbocycles. The summed E-state index contributed by atoms with van der Waals surface area (Å²) in [5.74, 6) is 0. The van der Waals surface area contributed by atoms with E-state index in [2.05, 4.69) is 0 Å². The van der Waals surface area contributed by atoms with Gasteiger partial charge in [0, 0.05) is 0 Å². The molecule has 0 saturated carbocycles. The van der Waals surface area contributed by atoms with E-state index in [1.54, 1.807) is 0 Å². The first-order valence-corrected chi connectivity index (χ1v) is 2.60. The molecule has 0 aliphatic heterocycles. The molecule has 0 aliphatic rings. The van der Waals surface area contributed by atoms with Crippen LogP contribution in [0.25, 0.3) is 0 Å². The maximum Gasteiger partial charge on any atom is -0.197 e. The molecule has 0 aromatic carbocycles. The van der Waals surface area contributed by atoms with Gasteiger partial charge in [-0.1, -0.05) is 0 Å². The second-order valence-corrected chi connectivity index (χ2v) is 1.06. The van der Waals surface area contributed by atoms with Crippen LogP contribution >= 0.6 is 13.5 Å². The van der Waals surface area contributed by atoms with Gasteiger partial charge in [0.15, 0.2) is 0 Å². The molecule has 0 aromatic rings. The predicted octanol–water partition coefficient (Wildman–Crippen LogP) is -0.624. The first-order chi connectivity index (χ1) is 1.73. The molecule has 0 heterocycles. The molecule has 0 radical (unpaired) electrons. The smallest absolute Gasteiger partial charge is 0.197 e. The van der Waals surface area contributed by atoms with Crippen molar-refractivity contribution in [3.63, 3.8) is 0 Å². The van der Waals surface area contributed by atoms with Crippen LogP contribution in [0.4, 0.5) is 0 Å². The van der Waals surface area contributed by atoms with Crippen LogP contribution < -0.4 is 0 Å². The van der Waals surface area contributed by atoms with Crippen molar-refractivity contribution in [2.24, 2.45) is 0 Å². The molecule has 0 saturated heterocycles. The molecule has 0 aromatic heterocycles. The SMILES string of the molecule is O=[Se](=O)=O.S. The maximum absolute atomic E-state index is 8.54. The Morgan fingerprint density at radius 1 is 1.00 bits per heavy atom. The second-order valence-electron chi connectivity index (χ2n) is 0.204. The average Bonchev–Trinajstić information content (AvgIpc) is 0.811. The molecule has 5 heavy (non-hydrogen) atoms. The fourth-order valence-corrected chi connectivity index (χ4v) is 0. The zero-order valence-corrected chi connectivity index (χ0v) is 4.85. The van der Waals surface area contributed by atoms with E-state index < -0.39 is 13.7 Å². The van der Waals surface area contributed by atoms with Crippen molar-refractivity contribution in [1.29, 1.82) is 0 Å². The summed E-state index contributed by atoms with van der Waals surface area (Å²) >= 11 is -3.79. The van der Waals surface area contributed by atoms with Gasteiger partial charge >= 0.3 is 25.2 Å². The van der Waals surface area contributed by atoms with Crippen molar-refractivity contribution in [3.05, 3.63) is 0 Å². The summed E-state index contributed by atoms with van der Waals surface area (Å²) < 4.78 is 25.6. The molecule has 0 rings (SSSR count). The number of hydrogen-bond acceptors (Lipinski definition) is 3. The minimum Gasteiger partial charge on any atom is -0.197 e. The third-order valence-corrected chi connectivity index (χ3v) is 0. The summed E-state index contributed by atoms with van der Waals surface area (Å²) in [5, 5.41) is 0. The molecular formula is H2O3SSe. The molecule has 5 heteroatoms. The summed E-state index contributed by atoms with van der Waals surface area (Å²) in [6.07, 6.45) is 0. The first kappa shape index (κ1) is 8.99. The summed E-state index contributed by atoms with van der Waals surface area (Å²) in [5.41, 5.74) is 0. The van der Waals surface area contributed by atoms with Crippen LogP contribution in [-0.2, 0) is 11.5 Å².